The Kier molecular flexibility index (Phi) is 7.00. The van der Waals surface area contributed by atoms with Gasteiger partial charge in [0, 0.05) is 29.9 Å². The number of hydrogen-bond donors (Lipinski definition) is 1. The van der Waals surface area contributed by atoms with Gasteiger partial charge < -0.3 is 14.6 Å². The SMILES string of the molecule is CCCCCOc1ccn(Cc2c(Cl)ccc(NC)c2Cl)c(=O)c1. The number of hydrogen-bond acceptors (Lipinski definition) is 3. The highest BCUT2D eigenvalue weighted by Gasteiger charge is 2.11. The van der Waals surface area contributed by atoms with E-state index in [-0.39, 0.29) is 5.56 Å². The number of rotatable bonds is 8. The Hall–Kier alpha value is -1.65. The van der Waals surface area contributed by atoms with E-state index >= 15 is 0 Å². The van der Waals surface area contributed by atoms with E-state index in [4.69, 9.17) is 27.9 Å². The largest absolute Gasteiger partial charge is 0.493 e. The number of nitrogens with one attached hydrogen (secondary N) is 1. The Morgan fingerprint density at radius 1 is 1.21 bits per heavy atom. The van der Waals surface area contributed by atoms with Crippen LogP contribution in [0.2, 0.25) is 10.0 Å². The summed E-state index contributed by atoms with van der Waals surface area (Å²) < 4.78 is 7.16. The molecule has 0 unspecified atom stereocenters. The minimum atomic E-state index is -0.148. The van der Waals surface area contributed by atoms with Crippen LogP contribution in [0.4, 0.5) is 5.69 Å². The van der Waals surface area contributed by atoms with E-state index in [1.807, 2.05) is 6.07 Å². The molecule has 1 heterocycles. The highest BCUT2D eigenvalue weighted by atomic mass is 35.5. The highest BCUT2D eigenvalue weighted by molar-refractivity contribution is 6.37. The molecule has 1 N–H and O–H groups in total. The van der Waals surface area contributed by atoms with Crippen LogP contribution in [0.5, 0.6) is 5.75 Å². The molecule has 0 aliphatic rings. The lowest BCUT2D eigenvalue weighted by atomic mass is 10.2. The maximum Gasteiger partial charge on any atom is 0.254 e. The van der Waals surface area contributed by atoms with E-state index in [1.165, 1.54) is 6.07 Å². The lowest BCUT2D eigenvalue weighted by molar-refractivity contribution is 0.305. The van der Waals surface area contributed by atoms with Crippen molar-refractivity contribution < 1.29 is 4.74 Å². The van der Waals surface area contributed by atoms with Gasteiger partial charge in [-0.2, -0.15) is 0 Å². The Morgan fingerprint density at radius 2 is 2.00 bits per heavy atom. The standard InChI is InChI=1S/C18H22Cl2N2O2/c1-3-4-5-10-24-13-8-9-22(17(23)11-13)12-14-15(19)6-7-16(21-2)18(14)20/h6-9,11,21H,3-5,10,12H2,1-2H3. The van der Waals surface area contributed by atoms with Gasteiger partial charge in [-0.15, -0.1) is 0 Å². The van der Waals surface area contributed by atoms with Gasteiger partial charge in [-0.25, -0.2) is 0 Å². The van der Waals surface area contributed by atoms with Gasteiger partial charge in [0.25, 0.3) is 5.56 Å². The predicted molar refractivity (Wildman–Crippen MR) is 101 cm³/mol. The van der Waals surface area contributed by atoms with Gasteiger partial charge in [-0.3, -0.25) is 4.79 Å². The van der Waals surface area contributed by atoms with Crippen molar-refractivity contribution >= 4 is 28.9 Å². The van der Waals surface area contributed by atoms with Crippen LogP contribution < -0.4 is 15.6 Å². The zero-order valence-electron chi connectivity index (χ0n) is 13.9. The molecule has 0 atom stereocenters. The first-order valence-electron chi connectivity index (χ1n) is 8.04. The molecule has 2 rings (SSSR count). The van der Waals surface area contributed by atoms with Crippen molar-refractivity contribution in [3.05, 3.63) is 56.4 Å². The number of nitrogens with zero attached hydrogens (tertiary/aromatic N) is 1. The molecule has 0 saturated heterocycles. The van der Waals surface area contributed by atoms with Crippen LogP contribution in [0, 0.1) is 0 Å². The molecular formula is C18H22Cl2N2O2. The molecule has 0 radical (unpaired) electrons. The van der Waals surface area contributed by atoms with Gasteiger partial charge >= 0.3 is 0 Å². The molecule has 24 heavy (non-hydrogen) atoms. The summed E-state index contributed by atoms with van der Waals surface area (Å²) in [5, 5.41) is 4.07. The molecule has 0 fully saturated rings. The van der Waals surface area contributed by atoms with Crippen LogP contribution in [-0.2, 0) is 6.54 Å². The summed E-state index contributed by atoms with van der Waals surface area (Å²) in [4.78, 5) is 12.3. The van der Waals surface area contributed by atoms with Crippen molar-refractivity contribution in [1.29, 1.82) is 0 Å². The monoisotopic (exact) mass is 368 g/mol. The fourth-order valence-electron chi connectivity index (χ4n) is 2.36. The van der Waals surface area contributed by atoms with Crippen LogP contribution >= 0.6 is 23.2 Å². The molecule has 1 aromatic heterocycles. The minimum absolute atomic E-state index is 0.148. The van der Waals surface area contributed by atoms with Crippen LogP contribution in [0.15, 0.2) is 35.3 Å². The second kappa shape index (κ2) is 9.00. The van der Waals surface area contributed by atoms with Crippen LogP contribution in [0.3, 0.4) is 0 Å². The van der Waals surface area contributed by atoms with Crippen molar-refractivity contribution in [2.75, 3.05) is 19.0 Å². The number of pyridine rings is 1. The quantitative estimate of drug-likeness (QED) is 0.679. The van der Waals surface area contributed by atoms with Gasteiger partial charge in [-0.1, -0.05) is 43.0 Å². The van der Waals surface area contributed by atoms with Gasteiger partial charge in [-0.05, 0) is 24.6 Å². The first-order valence-corrected chi connectivity index (χ1v) is 8.80. The zero-order chi connectivity index (χ0) is 17.5. The molecule has 0 saturated carbocycles. The van der Waals surface area contributed by atoms with Gasteiger partial charge in [0.15, 0.2) is 0 Å². The average Bonchev–Trinajstić information content (AvgIpc) is 2.57. The number of halogens is 2. The summed E-state index contributed by atoms with van der Waals surface area (Å²) in [6, 6.07) is 6.86. The van der Waals surface area contributed by atoms with Gasteiger partial charge in [0.1, 0.15) is 5.75 Å². The molecule has 6 heteroatoms. The molecule has 0 aliphatic carbocycles. The van der Waals surface area contributed by atoms with Crippen molar-refractivity contribution in [1.82, 2.24) is 4.57 Å². The molecule has 130 valence electrons. The van der Waals surface area contributed by atoms with E-state index in [0.717, 1.165) is 24.9 Å². The average molecular weight is 369 g/mol. The molecule has 1 aromatic carbocycles. The van der Waals surface area contributed by atoms with E-state index < -0.39 is 0 Å². The third-order valence-electron chi connectivity index (χ3n) is 3.77. The zero-order valence-corrected chi connectivity index (χ0v) is 15.5. The summed E-state index contributed by atoms with van der Waals surface area (Å²) in [7, 11) is 1.79. The fraction of sp³-hybridized carbons (Fsp3) is 0.389. The Balaban J connectivity index is 2.15. The number of ether oxygens (including phenoxy) is 1. The van der Waals surface area contributed by atoms with Crippen LogP contribution in [-0.4, -0.2) is 18.2 Å². The van der Waals surface area contributed by atoms with Crippen molar-refractivity contribution in [3.8, 4) is 5.75 Å². The molecule has 0 spiro atoms. The molecule has 0 bridgehead atoms. The summed E-state index contributed by atoms with van der Waals surface area (Å²) in [5.74, 6) is 0.591. The lowest BCUT2D eigenvalue weighted by Crippen LogP contribution is -2.20. The van der Waals surface area contributed by atoms with E-state index in [9.17, 15) is 4.79 Å². The van der Waals surface area contributed by atoms with Crippen LogP contribution in [0.25, 0.3) is 0 Å². The Morgan fingerprint density at radius 3 is 2.67 bits per heavy atom. The summed E-state index contributed by atoms with van der Waals surface area (Å²) >= 11 is 12.6. The maximum absolute atomic E-state index is 12.3. The number of benzene rings is 1. The number of aromatic nitrogens is 1. The number of unbranched alkanes of at least 4 members (excludes halogenated alkanes) is 2. The minimum Gasteiger partial charge on any atom is -0.493 e. The van der Waals surface area contributed by atoms with E-state index in [1.54, 1.807) is 29.9 Å². The number of anilines is 1. The summed E-state index contributed by atoms with van der Waals surface area (Å²) in [6.07, 6.45) is 4.95. The smallest absolute Gasteiger partial charge is 0.254 e. The topological polar surface area (TPSA) is 43.3 Å². The van der Waals surface area contributed by atoms with Gasteiger partial charge in [0.05, 0.1) is 23.9 Å². The first-order chi connectivity index (χ1) is 11.6. The second-order valence-electron chi connectivity index (χ2n) is 5.52. The third kappa shape index (κ3) is 4.68. The predicted octanol–water partition coefficient (Wildman–Crippen LogP) is 4.81. The Bertz CT molecular complexity index is 744. The molecule has 4 nitrogen and oxygen atoms in total. The summed E-state index contributed by atoms with van der Waals surface area (Å²) in [6.45, 7) is 3.07. The van der Waals surface area contributed by atoms with Crippen LogP contribution in [0.1, 0.15) is 31.7 Å². The molecule has 0 aliphatic heterocycles. The normalized spacial score (nSPS) is 10.7. The first kappa shape index (κ1) is 18.7. The highest BCUT2D eigenvalue weighted by Crippen LogP contribution is 2.31. The Labute approximate surface area is 152 Å². The third-order valence-corrected chi connectivity index (χ3v) is 4.55. The van der Waals surface area contributed by atoms with Crippen molar-refractivity contribution in [2.24, 2.45) is 0 Å². The van der Waals surface area contributed by atoms with Gasteiger partial charge in [0.2, 0.25) is 0 Å². The molecule has 2 aromatic rings. The van der Waals surface area contributed by atoms with Crippen molar-refractivity contribution in [3.63, 3.8) is 0 Å². The van der Waals surface area contributed by atoms with E-state index in [2.05, 4.69) is 12.2 Å². The van der Waals surface area contributed by atoms with Crippen molar-refractivity contribution in [2.45, 2.75) is 32.7 Å². The summed E-state index contributed by atoms with van der Waals surface area (Å²) in [5.41, 5.74) is 1.34. The lowest BCUT2D eigenvalue weighted by Gasteiger charge is -2.13. The second-order valence-corrected chi connectivity index (χ2v) is 6.31. The molecular weight excluding hydrogens is 347 g/mol. The maximum atomic E-state index is 12.3. The fourth-order valence-corrected chi connectivity index (χ4v) is 2.94. The molecule has 0 amide bonds. The van der Waals surface area contributed by atoms with E-state index in [0.29, 0.717) is 34.5 Å².